The fourth-order valence-electron chi connectivity index (χ4n) is 5.27. The van der Waals surface area contributed by atoms with Crippen molar-refractivity contribution in [2.45, 2.75) is 149 Å². The first-order valence-electron chi connectivity index (χ1n) is 15.4. The lowest BCUT2D eigenvalue weighted by molar-refractivity contribution is -0.949. The van der Waals surface area contributed by atoms with E-state index in [2.05, 4.69) is 33.4 Å². The van der Waals surface area contributed by atoms with Crippen molar-refractivity contribution in [1.82, 2.24) is 5.43 Å². The van der Waals surface area contributed by atoms with Gasteiger partial charge in [0.2, 0.25) is 0 Å². The lowest BCUT2D eigenvalue weighted by Crippen LogP contribution is -3.00. The van der Waals surface area contributed by atoms with Crippen molar-refractivity contribution >= 4 is 8.80 Å². The van der Waals surface area contributed by atoms with Crippen LogP contribution in [0.1, 0.15) is 144 Å². The lowest BCUT2D eigenvalue weighted by atomic mass is 10.0. The van der Waals surface area contributed by atoms with Crippen LogP contribution in [0.2, 0.25) is 0 Å². The molecule has 0 radical (unpaired) electrons. The van der Waals surface area contributed by atoms with Gasteiger partial charge in [0, 0.05) is 32.8 Å². The Morgan fingerprint density at radius 3 is 1.19 bits per heavy atom. The summed E-state index contributed by atoms with van der Waals surface area (Å²) in [7, 11) is 1.71. The highest BCUT2D eigenvalue weighted by atomic mass is 35.5. The maximum atomic E-state index is 6.23. The molecule has 0 saturated carbocycles. The predicted molar refractivity (Wildman–Crippen MR) is 154 cm³/mol. The molecule has 0 spiro atoms. The van der Waals surface area contributed by atoms with E-state index in [0.717, 1.165) is 13.0 Å². The van der Waals surface area contributed by atoms with Gasteiger partial charge in [-0.3, -0.25) is 0 Å². The molecule has 0 aromatic carbocycles. The van der Waals surface area contributed by atoms with Gasteiger partial charge in [-0.2, -0.15) is 5.43 Å². The predicted octanol–water partition coefficient (Wildman–Crippen LogP) is 5.20. The van der Waals surface area contributed by atoms with Crippen molar-refractivity contribution in [2.24, 2.45) is 0 Å². The molecule has 220 valence electrons. The van der Waals surface area contributed by atoms with Crippen LogP contribution in [-0.4, -0.2) is 59.5 Å². The molecule has 0 aliphatic heterocycles. The Morgan fingerprint density at radius 2 is 0.889 bits per heavy atom. The zero-order valence-electron chi connectivity index (χ0n) is 25.5. The average Bonchev–Trinajstić information content (AvgIpc) is 2.81. The molecule has 0 fully saturated rings. The Hall–Kier alpha value is 0.307. The summed E-state index contributed by atoms with van der Waals surface area (Å²) in [6.45, 7) is 13.5. The number of halogens is 1. The summed E-state index contributed by atoms with van der Waals surface area (Å²) in [6.07, 6.45) is 23.5. The van der Waals surface area contributed by atoms with Crippen molar-refractivity contribution < 1.29 is 30.3 Å². The van der Waals surface area contributed by atoms with Gasteiger partial charge >= 0.3 is 8.80 Å². The molecule has 0 rings (SSSR count). The summed E-state index contributed by atoms with van der Waals surface area (Å²) in [5, 5.41) is 0. The maximum Gasteiger partial charge on any atom is 0.564 e. The molecule has 0 amide bonds. The summed E-state index contributed by atoms with van der Waals surface area (Å²) in [5.41, 5.74) is 3.96. The number of hydrogen-bond donors (Lipinski definition) is 1. The zero-order valence-corrected chi connectivity index (χ0v) is 27.2. The number of unbranched alkanes of at least 4 members (excludes halogenated alkanes) is 15. The first-order chi connectivity index (χ1) is 16.9. The van der Waals surface area contributed by atoms with Gasteiger partial charge in [0.1, 0.15) is 0 Å². The van der Waals surface area contributed by atoms with Gasteiger partial charge < -0.3 is 25.7 Å². The van der Waals surface area contributed by atoms with Crippen molar-refractivity contribution in [2.75, 3.05) is 40.5 Å². The van der Waals surface area contributed by atoms with Crippen molar-refractivity contribution in [3.8, 4) is 0 Å². The van der Waals surface area contributed by atoms with Gasteiger partial charge in [-0.1, -0.05) is 110 Å². The second-order valence-corrected chi connectivity index (χ2v) is 13.3. The zero-order chi connectivity index (χ0) is 26.3. The molecule has 7 heteroatoms. The van der Waals surface area contributed by atoms with E-state index in [1.54, 1.807) is 0 Å². The second-order valence-electron chi connectivity index (χ2n) is 10.6. The monoisotopic (exact) mass is 552 g/mol. The standard InChI is InChI=1S/C29H65N2O3Si.ClH/c1-8-13-14-15-16-17-18-19-20-21-22-23-24-25-26-27-28-30-31(6,7)29(9-2)35(32-10-3,33-11-4)34-12-5;/h29-30H,8-28H2,1-7H3;1H/q+1;/p-1. The minimum atomic E-state index is -2.76. The highest BCUT2D eigenvalue weighted by molar-refractivity contribution is 6.62. The number of rotatable bonds is 27. The Kier molecular flexibility index (Phi) is 27.3. The van der Waals surface area contributed by atoms with Gasteiger partial charge in [-0.25, -0.2) is 4.59 Å². The quantitative estimate of drug-likeness (QED) is 0.0658. The maximum absolute atomic E-state index is 6.23. The van der Waals surface area contributed by atoms with Gasteiger partial charge in [0.15, 0.2) is 5.67 Å². The number of hydrogen-bond acceptors (Lipinski definition) is 4. The van der Waals surface area contributed by atoms with Crippen LogP contribution in [0.3, 0.4) is 0 Å². The third-order valence-corrected chi connectivity index (χ3v) is 11.1. The van der Waals surface area contributed by atoms with E-state index in [0.29, 0.717) is 24.4 Å². The molecule has 0 bridgehead atoms. The van der Waals surface area contributed by atoms with E-state index in [4.69, 9.17) is 13.3 Å². The minimum Gasteiger partial charge on any atom is -1.00 e. The van der Waals surface area contributed by atoms with Crippen LogP contribution in [-0.2, 0) is 13.3 Å². The average molecular weight is 553 g/mol. The van der Waals surface area contributed by atoms with Gasteiger partial charge in [0.25, 0.3) is 0 Å². The van der Waals surface area contributed by atoms with E-state index in [1.807, 2.05) is 20.8 Å². The van der Waals surface area contributed by atoms with E-state index in [9.17, 15) is 0 Å². The summed E-state index contributed by atoms with van der Waals surface area (Å²) >= 11 is 0. The minimum absolute atomic E-state index is 0. The van der Waals surface area contributed by atoms with Crippen molar-refractivity contribution in [3.05, 3.63) is 0 Å². The molecule has 0 aromatic rings. The fraction of sp³-hybridized carbons (Fsp3) is 1.00. The Bertz CT molecular complexity index is 441. The first-order valence-corrected chi connectivity index (χ1v) is 17.2. The second kappa shape index (κ2) is 25.6. The topological polar surface area (TPSA) is 39.7 Å². The molecular weight excluding hydrogens is 488 g/mol. The summed E-state index contributed by atoms with van der Waals surface area (Å²) in [6, 6.07) is 0. The van der Waals surface area contributed by atoms with Crippen LogP contribution < -0.4 is 17.8 Å². The smallest absolute Gasteiger partial charge is 0.564 e. The van der Waals surface area contributed by atoms with Gasteiger partial charge in [-0.15, -0.1) is 0 Å². The third-order valence-electron chi connectivity index (χ3n) is 7.16. The van der Waals surface area contributed by atoms with E-state index in [1.165, 1.54) is 103 Å². The van der Waals surface area contributed by atoms with Crippen molar-refractivity contribution in [1.29, 1.82) is 0 Å². The largest absolute Gasteiger partial charge is 1.00 e. The highest BCUT2D eigenvalue weighted by Gasteiger charge is 2.57. The summed E-state index contributed by atoms with van der Waals surface area (Å²) in [5.74, 6) is 0. The Labute approximate surface area is 234 Å². The van der Waals surface area contributed by atoms with Crippen LogP contribution in [0, 0.1) is 0 Å². The molecule has 1 atom stereocenters. The molecule has 0 aromatic heterocycles. The van der Waals surface area contributed by atoms with E-state index >= 15 is 0 Å². The van der Waals surface area contributed by atoms with Crippen LogP contribution >= 0.6 is 0 Å². The third kappa shape index (κ3) is 17.7. The normalized spacial score (nSPS) is 13.1. The van der Waals surface area contributed by atoms with Crippen LogP contribution in [0.5, 0.6) is 0 Å². The summed E-state index contributed by atoms with van der Waals surface area (Å²) < 4.78 is 19.4. The molecule has 1 unspecified atom stereocenters. The van der Waals surface area contributed by atoms with Crippen molar-refractivity contribution in [3.63, 3.8) is 0 Å². The van der Waals surface area contributed by atoms with Gasteiger partial charge in [0.05, 0.1) is 14.1 Å². The molecule has 5 nitrogen and oxygen atoms in total. The molecule has 36 heavy (non-hydrogen) atoms. The number of nitrogens with zero attached hydrogens (tertiary/aromatic N) is 1. The fourth-order valence-corrected chi connectivity index (χ4v) is 8.69. The number of nitrogens with one attached hydrogen (secondary N) is 1. The Balaban J connectivity index is 0. The molecular formula is C29H65ClN2O3Si. The molecule has 0 aliphatic carbocycles. The Morgan fingerprint density at radius 1 is 0.556 bits per heavy atom. The molecule has 1 N–H and O–H groups in total. The molecule has 0 saturated heterocycles. The van der Waals surface area contributed by atoms with E-state index < -0.39 is 8.80 Å². The van der Waals surface area contributed by atoms with Crippen LogP contribution in [0.4, 0.5) is 0 Å². The van der Waals surface area contributed by atoms with Crippen LogP contribution in [0.15, 0.2) is 0 Å². The molecule has 0 heterocycles. The number of quaternary nitrogens is 1. The van der Waals surface area contributed by atoms with Gasteiger partial charge in [-0.05, 0) is 27.2 Å². The highest BCUT2D eigenvalue weighted by Crippen LogP contribution is 2.25. The lowest BCUT2D eigenvalue weighted by Gasteiger charge is -2.43. The molecule has 0 aliphatic rings. The summed E-state index contributed by atoms with van der Waals surface area (Å²) in [4.78, 5) is 0. The van der Waals surface area contributed by atoms with E-state index in [-0.39, 0.29) is 18.1 Å². The first kappa shape index (κ1) is 38.5. The SMILES string of the molecule is CCCCCCCCCCCCCCCCCCN[N+](C)(C)C(CC)[Si](OCC)(OCC)OCC.[Cl-]. The van der Waals surface area contributed by atoms with Crippen LogP contribution in [0.25, 0.3) is 0 Å².